The first-order valence-corrected chi connectivity index (χ1v) is 7.74. The molecule has 0 aromatic rings. The van der Waals surface area contributed by atoms with E-state index in [0.29, 0.717) is 13.1 Å². The highest BCUT2D eigenvalue weighted by Crippen LogP contribution is 2.18. The quantitative estimate of drug-likeness (QED) is 0.810. The Balaban J connectivity index is 2.88. The molecule has 0 radical (unpaired) electrons. The van der Waals surface area contributed by atoms with E-state index in [1.807, 2.05) is 0 Å². The summed E-state index contributed by atoms with van der Waals surface area (Å²) in [6, 6.07) is -0.352. The average molecular weight is 278 g/mol. The molecule has 1 aliphatic rings. The van der Waals surface area contributed by atoms with Gasteiger partial charge in [0.2, 0.25) is 0 Å². The summed E-state index contributed by atoms with van der Waals surface area (Å²) in [5.41, 5.74) is 0. The fourth-order valence-electron chi connectivity index (χ4n) is 2.08. The van der Waals surface area contributed by atoms with Gasteiger partial charge in [0.05, 0.1) is 0 Å². The van der Waals surface area contributed by atoms with E-state index < -0.39 is 22.7 Å². The summed E-state index contributed by atoms with van der Waals surface area (Å²) in [5.74, 6) is -1.12. The van der Waals surface area contributed by atoms with Gasteiger partial charge in [0.25, 0.3) is 10.2 Å². The minimum Gasteiger partial charge on any atom is -0.480 e. The van der Waals surface area contributed by atoms with Crippen LogP contribution in [0.15, 0.2) is 0 Å². The highest BCUT2D eigenvalue weighted by molar-refractivity contribution is 7.86. The second-order valence-corrected chi connectivity index (χ2v) is 6.73. The smallest absolute Gasteiger partial charge is 0.318 e. The predicted molar refractivity (Wildman–Crippen MR) is 68.4 cm³/mol. The standard InChI is InChI=1S/C11H22N2O4S/c1-10(2)13(9-11(14)15)18(16,17)12-7-5-3-4-6-8-12/h10H,3-9H2,1-2H3,(H,14,15). The summed E-state index contributed by atoms with van der Waals surface area (Å²) >= 11 is 0. The van der Waals surface area contributed by atoms with Gasteiger partial charge in [-0.15, -0.1) is 0 Å². The number of aliphatic carboxylic acids is 1. The zero-order valence-electron chi connectivity index (χ0n) is 11.0. The SMILES string of the molecule is CC(C)N(CC(=O)O)S(=O)(=O)N1CCCCCC1. The van der Waals surface area contributed by atoms with Crippen molar-refractivity contribution in [3.05, 3.63) is 0 Å². The van der Waals surface area contributed by atoms with Gasteiger partial charge in [-0.05, 0) is 26.7 Å². The van der Waals surface area contributed by atoms with Crippen LogP contribution in [0.4, 0.5) is 0 Å². The summed E-state index contributed by atoms with van der Waals surface area (Å²) in [6.07, 6.45) is 3.76. The van der Waals surface area contributed by atoms with Crippen LogP contribution < -0.4 is 0 Å². The number of nitrogens with zero attached hydrogens (tertiary/aromatic N) is 2. The predicted octanol–water partition coefficient (Wildman–Crippen LogP) is 0.902. The summed E-state index contributed by atoms with van der Waals surface area (Å²) < 4.78 is 27.3. The van der Waals surface area contributed by atoms with Crippen LogP contribution in [0.25, 0.3) is 0 Å². The van der Waals surface area contributed by atoms with Gasteiger partial charge in [-0.25, -0.2) is 0 Å². The molecule has 0 amide bonds. The third kappa shape index (κ3) is 3.93. The van der Waals surface area contributed by atoms with Crippen LogP contribution in [-0.2, 0) is 15.0 Å². The van der Waals surface area contributed by atoms with E-state index >= 15 is 0 Å². The van der Waals surface area contributed by atoms with Crippen molar-refractivity contribution in [2.75, 3.05) is 19.6 Å². The Bertz CT molecular complexity index is 373. The van der Waals surface area contributed by atoms with Crippen molar-refractivity contribution >= 4 is 16.2 Å². The molecule has 0 aromatic heterocycles. The van der Waals surface area contributed by atoms with Crippen molar-refractivity contribution < 1.29 is 18.3 Å². The summed E-state index contributed by atoms with van der Waals surface area (Å²) in [4.78, 5) is 10.8. The number of rotatable bonds is 5. The van der Waals surface area contributed by atoms with Crippen LogP contribution in [0.1, 0.15) is 39.5 Å². The largest absolute Gasteiger partial charge is 0.480 e. The minimum absolute atomic E-state index is 0.352. The lowest BCUT2D eigenvalue weighted by Crippen LogP contribution is -2.49. The van der Waals surface area contributed by atoms with Gasteiger partial charge < -0.3 is 5.11 Å². The first kappa shape index (κ1) is 15.4. The molecular weight excluding hydrogens is 256 g/mol. The second-order valence-electron chi connectivity index (χ2n) is 4.85. The van der Waals surface area contributed by atoms with Gasteiger partial charge in [-0.2, -0.15) is 17.0 Å². The van der Waals surface area contributed by atoms with Gasteiger partial charge in [-0.3, -0.25) is 4.79 Å². The number of carboxylic acids is 1. The number of hydrogen-bond acceptors (Lipinski definition) is 3. The zero-order chi connectivity index (χ0) is 13.8. The summed E-state index contributed by atoms with van der Waals surface area (Å²) in [5, 5.41) is 8.83. The second kappa shape index (κ2) is 6.49. The first-order valence-electron chi connectivity index (χ1n) is 6.34. The average Bonchev–Trinajstić information content (AvgIpc) is 2.53. The van der Waals surface area contributed by atoms with E-state index in [-0.39, 0.29) is 6.04 Å². The van der Waals surface area contributed by atoms with Gasteiger partial charge in [-0.1, -0.05) is 12.8 Å². The molecule has 7 heteroatoms. The Kier molecular flexibility index (Phi) is 5.55. The molecule has 0 saturated carbocycles. The van der Waals surface area contributed by atoms with Gasteiger partial charge in [0, 0.05) is 19.1 Å². The Hall–Kier alpha value is -0.660. The Morgan fingerprint density at radius 3 is 2.11 bits per heavy atom. The normalized spacial score (nSPS) is 19.1. The molecule has 1 saturated heterocycles. The van der Waals surface area contributed by atoms with E-state index in [4.69, 9.17) is 5.11 Å². The number of carbonyl (C=O) groups is 1. The molecule has 0 aromatic carbocycles. The van der Waals surface area contributed by atoms with E-state index in [1.54, 1.807) is 13.8 Å². The molecule has 1 aliphatic heterocycles. The van der Waals surface area contributed by atoms with Crippen LogP contribution in [0.2, 0.25) is 0 Å². The van der Waals surface area contributed by atoms with Crippen LogP contribution in [-0.4, -0.2) is 53.8 Å². The van der Waals surface area contributed by atoms with E-state index in [2.05, 4.69) is 0 Å². The molecule has 1 N–H and O–H groups in total. The molecule has 106 valence electrons. The third-order valence-corrected chi connectivity index (χ3v) is 5.22. The molecule has 1 heterocycles. The topological polar surface area (TPSA) is 77.9 Å². The molecule has 18 heavy (non-hydrogen) atoms. The maximum absolute atomic E-state index is 12.4. The van der Waals surface area contributed by atoms with E-state index in [0.717, 1.165) is 30.0 Å². The Labute approximate surface area is 109 Å². The Morgan fingerprint density at radius 1 is 1.22 bits per heavy atom. The van der Waals surface area contributed by atoms with Gasteiger partial charge >= 0.3 is 5.97 Å². The first-order chi connectivity index (χ1) is 8.35. The highest BCUT2D eigenvalue weighted by Gasteiger charge is 2.33. The molecule has 1 fully saturated rings. The number of carboxylic acid groups (broad SMARTS) is 1. The highest BCUT2D eigenvalue weighted by atomic mass is 32.2. The van der Waals surface area contributed by atoms with Crippen LogP contribution >= 0.6 is 0 Å². The van der Waals surface area contributed by atoms with Crippen LogP contribution in [0.5, 0.6) is 0 Å². The van der Waals surface area contributed by atoms with Crippen molar-refractivity contribution in [3.8, 4) is 0 Å². The lowest BCUT2D eigenvalue weighted by atomic mass is 10.2. The van der Waals surface area contributed by atoms with Crippen LogP contribution in [0, 0.1) is 0 Å². The minimum atomic E-state index is -3.66. The van der Waals surface area contributed by atoms with Crippen molar-refractivity contribution in [1.82, 2.24) is 8.61 Å². The van der Waals surface area contributed by atoms with Crippen molar-refractivity contribution in [2.45, 2.75) is 45.6 Å². The summed E-state index contributed by atoms with van der Waals surface area (Å²) in [7, 11) is -3.66. The summed E-state index contributed by atoms with van der Waals surface area (Å²) in [6.45, 7) is 3.89. The lowest BCUT2D eigenvalue weighted by Gasteiger charge is -2.30. The molecule has 0 spiro atoms. The lowest BCUT2D eigenvalue weighted by molar-refractivity contribution is -0.137. The fraction of sp³-hybridized carbons (Fsp3) is 0.909. The third-order valence-electron chi connectivity index (χ3n) is 3.05. The molecular formula is C11H22N2O4S. The van der Waals surface area contributed by atoms with Crippen molar-refractivity contribution in [2.24, 2.45) is 0 Å². The van der Waals surface area contributed by atoms with E-state index in [9.17, 15) is 13.2 Å². The molecule has 0 unspecified atom stereocenters. The van der Waals surface area contributed by atoms with Gasteiger partial charge in [0.15, 0.2) is 0 Å². The van der Waals surface area contributed by atoms with E-state index in [1.165, 1.54) is 4.31 Å². The maximum Gasteiger partial charge on any atom is 0.318 e. The molecule has 0 bridgehead atoms. The molecule has 0 atom stereocenters. The molecule has 6 nitrogen and oxygen atoms in total. The molecule has 1 rings (SSSR count). The monoisotopic (exact) mass is 278 g/mol. The Morgan fingerprint density at radius 2 is 1.72 bits per heavy atom. The molecule has 0 aliphatic carbocycles. The van der Waals surface area contributed by atoms with Crippen LogP contribution in [0.3, 0.4) is 0 Å². The zero-order valence-corrected chi connectivity index (χ0v) is 11.8. The van der Waals surface area contributed by atoms with Crippen molar-refractivity contribution in [3.63, 3.8) is 0 Å². The number of hydrogen-bond donors (Lipinski definition) is 1. The maximum atomic E-state index is 12.4. The van der Waals surface area contributed by atoms with Gasteiger partial charge in [0.1, 0.15) is 6.54 Å². The van der Waals surface area contributed by atoms with Crippen molar-refractivity contribution in [1.29, 1.82) is 0 Å². The fourth-order valence-corrected chi connectivity index (χ4v) is 3.91.